The molecule has 0 aliphatic rings. The van der Waals surface area contributed by atoms with Gasteiger partial charge in [-0.2, -0.15) is 0 Å². The molecule has 54 valence electrons. The number of nitrogens with one attached hydrogen (secondary N) is 1. The molecule has 1 atom stereocenters. The lowest BCUT2D eigenvalue weighted by atomic mass is 10.7. The number of hydrogen-bond acceptors (Lipinski definition) is 5. The Kier molecular flexibility index (Phi) is 4.20. The summed E-state index contributed by atoms with van der Waals surface area (Å²) in [6, 6.07) is 0. The topological polar surface area (TPSA) is 78.5 Å². The Hall–Kier alpha value is -0.460. The Labute approximate surface area is 54.9 Å². The number of carbonyl (C=O) groups excluding carboxylic acids is 1. The van der Waals surface area contributed by atoms with Gasteiger partial charge >= 0.3 is 5.97 Å². The fraction of sp³-hybridized carbons (Fsp3) is 0.667. The molecule has 0 rings (SSSR count). The van der Waals surface area contributed by atoms with Crippen LogP contribution in [0.1, 0.15) is 0 Å². The minimum Gasteiger partial charge on any atom is -0.740 e. The van der Waals surface area contributed by atoms with E-state index < -0.39 is 17.3 Å². The second kappa shape index (κ2) is 4.42. The van der Waals surface area contributed by atoms with Gasteiger partial charge in [-0.3, -0.25) is 0 Å². The fourth-order valence-electron chi connectivity index (χ4n) is 0.250. The van der Waals surface area contributed by atoms with E-state index in [-0.39, 0.29) is 6.54 Å². The zero-order chi connectivity index (χ0) is 7.28. The minimum atomic E-state index is -2.74. The van der Waals surface area contributed by atoms with E-state index in [0.717, 1.165) is 0 Å². The van der Waals surface area contributed by atoms with Crippen molar-refractivity contribution in [3.63, 3.8) is 0 Å². The van der Waals surface area contributed by atoms with Crippen molar-refractivity contribution in [2.24, 2.45) is 0 Å². The summed E-state index contributed by atoms with van der Waals surface area (Å²) < 4.78 is 22.9. The van der Waals surface area contributed by atoms with Crippen molar-refractivity contribution in [2.45, 2.75) is 0 Å². The van der Waals surface area contributed by atoms with Crippen molar-refractivity contribution in [1.82, 2.24) is 5.32 Å². The van der Waals surface area contributed by atoms with Crippen molar-refractivity contribution in [2.75, 3.05) is 13.6 Å². The molecule has 0 saturated carbocycles. The summed E-state index contributed by atoms with van der Waals surface area (Å²) >= 11 is -2.74. The zero-order valence-electron chi connectivity index (χ0n) is 4.75. The molecule has 0 aliphatic heterocycles. The third kappa shape index (κ3) is 5.41. The Morgan fingerprint density at radius 3 is 2.78 bits per heavy atom. The summed E-state index contributed by atoms with van der Waals surface area (Å²) in [5.41, 5.74) is 0. The van der Waals surface area contributed by atoms with E-state index in [2.05, 4.69) is 9.50 Å². The molecule has 9 heavy (non-hydrogen) atoms. The SMILES string of the molecule is CNCC(=O)OS(=O)[O-]. The summed E-state index contributed by atoms with van der Waals surface area (Å²) in [7, 11) is 1.51. The van der Waals surface area contributed by atoms with Crippen LogP contribution in [0, 0.1) is 0 Å². The number of rotatable bonds is 3. The third-order valence-electron chi connectivity index (χ3n) is 0.482. The van der Waals surface area contributed by atoms with Crippen LogP contribution in [0.2, 0.25) is 0 Å². The van der Waals surface area contributed by atoms with Crippen LogP contribution in [-0.2, 0) is 20.3 Å². The predicted molar refractivity (Wildman–Crippen MR) is 28.9 cm³/mol. The largest absolute Gasteiger partial charge is 0.740 e. The van der Waals surface area contributed by atoms with E-state index in [1.807, 2.05) is 0 Å². The molecular formula is C3H6NO4S-. The quantitative estimate of drug-likeness (QED) is 0.500. The van der Waals surface area contributed by atoms with Gasteiger partial charge in [-0.15, -0.1) is 0 Å². The summed E-state index contributed by atoms with van der Waals surface area (Å²) in [6.45, 7) is -0.103. The van der Waals surface area contributed by atoms with E-state index >= 15 is 0 Å². The van der Waals surface area contributed by atoms with Crippen molar-refractivity contribution >= 4 is 17.3 Å². The Balaban J connectivity index is 3.39. The van der Waals surface area contributed by atoms with Gasteiger partial charge in [0, 0.05) is 0 Å². The Morgan fingerprint density at radius 1 is 1.89 bits per heavy atom. The molecule has 0 fully saturated rings. The minimum absolute atomic E-state index is 0.103. The molecule has 0 saturated heterocycles. The molecule has 0 bridgehead atoms. The molecule has 1 unspecified atom stereocenters. The standard InChI is InChI=1S/C3H7NO4S/c1-4-2-3(5)8-9(6)7/h4H,2H2,1H3,(H,6,7)/p-1. The maximum Gasteiger partial charge on any atom is 0.333 e. The molecule has 1 N–H and O–H groups in total. The van der Waals surface area contributed by atoms with Crippen molar-refractivity contribution < 1.29 is 17.7 Å². The maximum atomic E-state index is 10.2. The smallest absolute Gasteiger partial charge is 0.333 e. The fourth-order valence-corrected chi connectivity index (χ4v) is 0.460. The number of hydrogen-bond donors (Lipinski definition) is 1. The first kappa shape index (κ1) is 8.54. The van der Waals surface area contributed by atoms with Gasteiger partial charge < -0.3 is 14.1 Å². The first-order chi connectivity index (χ1) is 4.16. The zero-order valence-corrected chi connectivity index (χ0v) is 5.56. The third-order valence-corrected chi connectivity index (χ3v) is 0.804. The average molecular weight is 152 g/mol. The van der Waals surface area contributed by atoms with Crippen LogP contribution in [0.15, 0.2) is 0 Å². The first-order valence-electron chi connectivity index (χ1n) is 2.12. The molecule has 0 spiro atoms. The van der Waals surface area contributed by atoms with Crippen molar-refractivity contribution in [3.8, 4) is 0 Å². The lowest BCUT2D eigenvalue weighted by Gasteiger charge is -2.03. The van der Waals surface area contributed by atoms with Crippen LogP contribution in [0.4, 0.5) is 0 Å². The van der Waals surface area contributed by atoms with Crippen LogP contribution < -0.4 is 5.32 Å². The highest BCUT2D eigenvalue weighted by molar-refractivity contribution is 7.74. The Bertz CT molecular complexity index is 125. The highest BCUT2D eigenvalue weighted by Crippen LogP contribution is 1.78. The summed E-state index contributed by atoms with van der Waals surface area (Å²) in [6.07, 6.45) is 0. The normalized spacial score (nSPS) is 12.7. The molecule has 0 aliphatic carbocycles. The van der Waals surface area contributed by atoms with Gasteiger partial charge in [0.15, 0.2) is 0 Å². The van der Waals surface area contributed by atoms with Gasteiger partial charge in [0.1, 0.15) is 11.4 Å². The summed E-state index contributed by atoms with van der Waals surface area (Å²) in [4.78, 5) is 10.2. The first-order valence-corrected chi connectivity index (χ1v) is 3.12. The monoisotopic (exact) mass is 152 g/mol. The molecular weight excluding hydrogens is 146 g/mol. The van der Waals surface area contributed by atoms with Gasteiger partial charge in [-0.1, -0.05) is 0 Å². The van der Waals surface area contributed by atoms with E-state index in [1.54, 1.807) is 0 Å². The maximum absolute atomic E-state index is 10.2. The lowest BCUT2D eigenvalue weighted by molar-refractivity contribution is -0.132. The van der Waals surface area contributed by atoms with Gasteiger partial charge in [-0.05, 0) is 7.05 Å². The molecule has 0 amide bonds. The molecule has 0 aromatic heterocycles. The second-order valence-electron chi connectivity index (χ2n) is 1.19. The van der Waals surface area contributed by atoms with Crippen LogP contribution >= 0.6 is 0 Å². The molecule has 6 heteroatoms. The molecule has 0 heterocycles. The van der Waals surface area contributed by atoms with Crippen LogP contribution in [-0.4, -0.2) is 28.3 Å². The lowest BCUT2D eigenvalue weighted by Crippen LogP contribution is -2.21. The van der Waals surface area contributed by atoms with Crippen LogP contribution in [0.3, 0.4) is 0 Å². The highest BCUT2D eigenvalue weighted by Gasteiger charge is 1.97. The molecule has 0 aromatic rings. The Morgan fingerprint density at radius 2 is 2.44 bits per heavy atom. The van der Waals surface area contributed by atoms with Gasteiger partial charge in [0.2, 0.25) is 0 Å². The van der Waals surface area contributed by atoms with E-state index in [9.17, 15) is 13.6 Å². The number of likely N-dealkylation sites (N-methyl/N-ethyl adjacent to an activating group) is 1. The second-order valence-corrected chi connectivity index (χ2v) is 1.76. The van der Waals surface area contributed by atoms with Gasteiger partial charge in [-0.25, -0.2) is 9.00 Å². The molecule has 0 radical (unpaired) electrons. The average Bonchev–Trinajstić information content (AvgIpc) is 1.63. The number of carbonyl (C=O) groups is 1. The van der Waals surface area contributed by atoms with E-state index in [4.69, 9.17) is 0 Å². The summed E-state index contributed by atoms with van der Waals surface area (Å²) in [5, 5.41) is 2.42. The van der Waals surface area contributed by atoms with Gasteiger partial charge in [0.25, 0.3) is 0 Å². The predicted octanol–water partition coefficient (Wildman–Crippen LogP) is -1.46. The van der Waals surface area contributed by atoms with Crippen molar-refractivity contribution in [3.05, 3.63) is 0 Å². The van der Waals surface area contributed by atoms with Gasteiger partial charge in [0.05, 0.1) is 6.54 Å². The van der Waals surface area contributed by atoms with Crippen LogP contribution in [0.5, 0.6) is 0 Å². The molecule has 5 nitrogen and oxygen atoms in total. The van der Waals surface area contributed by atoms with E-state index in [1.165, 1.54) is 7.05 Å². The van der Waals surface area contributed by atoms with E-state index in [0.29, 0.717) is 0 Å². The highest BCUT2D eigenvalue weighted by atomic mass is 32.2. The molecule has 0 aromatic carbocycles. The summed E-state index contributed by atoms with van der Waals surface area (Å²) in [5.74, 6) is -0.814. The van der Waals surface area contributed by atoms with Crippen LogP contribution in [0.25, 0.3) is 0 Å². The van der Waals surface area contributed by atoms with Crippen molar-refractivity contribution in [1.29, 1.82) is 0 Å².